The van der Waals surface area contributed by atoms with Crippen molar-refractivity contribution in [3.8, 4) is 0 Å². The van der Waals surface area contributed by atoms with Crippen molar-refractivity contribution >= 4 is 22.7 Å². The number of thioether (sulfide) groups is 1. The van der Waals surface area contributed by atoms with Crippen LogP contribution in [0.2, 0.25) is 0 Å². The predicted octanol–water partition coefficient (Wildman–Crippen LogP) is 1.22. The Morgan fingerprint density at radius 2 is 2.22 bits per heavy atom. The number of rotatable bonds is 5. The predicted molar refractivity (Wildman–Crippen MR) is 74.5 cm³/mol. The maximum Gasteiger partial charge on any atom is 0.278 e. The lowest BCUT2D eigenvalue weighted by molar-refractivity contribution is 0.642. The van der Waals surface area contributed by atoms with Gasteiger partial charge in [-0.15, -0.1) is 16.9 Å². The van der Waals surface area contributed by atoms with E-state index < -0.39 is 0 Å². The van der Waals surface area contributed by atoms with Gasteiger partial charge < -0.3 is 5.73 Å². The zero-order valence-corrected chi connectivity index (χ0v) is 11.1. The van der Waals surface area contributed by atoms with Crippen LogP contribution in [-0.4, -0.2) is 26.8 Å². The number of aromatic nitrogens is 3. The molecule has 18 heavy (non-hydrogen) atoms. The molecule has 0 fully saturated rings. The maximum absolute atomic E-state index is 12.1. The van der Waals surface area contributed by atoms with Gasteiger partial charge in [0.2, 0.25) is 0 Å². The Hall–Kier alpha value is -1.40. The average Bonchev–Trinajstić information content (AvgIpc) is 2.39. The molecule has 1 heterocycles. The van der Waals surface area contributed by atoms with Crippen LogP contribution in [-0.2, 0) is 5.88 Å². The molecule has 0 radical (unpaired) electrons. The fraction of sp³-hybridized carbons (Fsp3) is 0.417. The first-order valence-corrected chi connectivity index (χ1v) is 6.91. The van der Waals surface area contributed by atoms with E-state index in [0.29, 0.717) is 28.6 Å². The van der Waals surface area contributed by atoms with Crippen LogP contribution in [0.25, 0.3) is 10.9 Å². The molecule has 0 saturated heterocycles. The number of nitrogens with two attached hydrogens (primary N) is 1. The number of benzene rings is 1. The van der Waals surface area contributed by atoms with Crippen molar-refractivity contribution in [2.24, 2.45) is 5.73 Å². The topological polar surface area (TPSA) is 73.8 Å². The Bertz CT molecular complexity index is 584. The Morgan fingerprint density at radius 3 is 3.00 bits per heavy atom. The quantitative estimate of drug-likeness (QED) is 0.879. The summed E-state index contributed by atoms with van der Waals surface area (Å²) in [5.74, 6) is 0.512. The first-order chi connectivity index (χ1) is 8.72. The van der Waals surface area contributed by atoms with E-state index in [4.69, 9.17) is 5.73 Å². The monoisotopic (exact) mass is 264 g/mol. The summed E-state index contributed by atoms with van der Waals surface area (Å²) in [7, 11) is 0. The lowest BCUT2D eigenvalue weighted by Crippen LogP contribution is -2.24. The van der Waals surface area contributed by atoms with E-state index in [1.54, 1.807) is 23.9 Å². The van der Waals surface area contributed by atoms with Crippen molar-refractivity contribution in [1.82, 2.24) is 15.0 Å². The third-order valence-electron chi connectivity index (χ3n) is 2.68. The molecule has 96 valence electrons. The molecule has 0 saturated carbocycles. The summed E-state index contributed by atoms with van der Waals surface area (Å²) in [6, 6.07) is 7.24. The molecule has 2 rings (SSSR count). The molecule has 0 spiro atoms. The van der Waals surface area contributed by atoms with Crippen molar-refractivity contribution < 1.29 is 0 Å². The van der Waals surface area contributed by atoms with Crippen LogP contribution >= 0.6 is 11.8 Å². The molecule has 2 aromatic rings. The van der Waals surface area contributed by atoms with Gasteiger partial charge in [-0.3, -0.25) is 4.79 Å². The van der Waals surface area contributed by atoms with Crippen LogP contribution in [0.15, 0.2) is 29.1 Å². The highest BCUT2D eigenvalue weighted by Gasteiger charge is 2.07. The van der Waals surface area contributed by atoms with Gasteiger partial charge in [0.25, 0.3) is 5.56 Å². The first-order valence-electron chi connectivity index (χ1n) is 5.86. The van der Waals surface area contributed by atoms with Crippen molar-refractivity contribution in [2.75, 3.05) is 6.54 Å². The fourth-order valence-corrected chi connectivity index (χ4v) is 2.49. The highest BCUT2D eigenvalue weighted by atomic mass is 32.2. The normalized spacial score (nSPS) is 12.8. The first kappa shape index (κ1) is 13.0. The minimum Gasteiger partial charge on any atom is -0.330 e. The Kier molecular flexibility index (Phi) is 4.33. The van der Waals surface area contributed by atoms with Gasteiger partial charge in [-0.1, -0.05) is 24.3 Å². The van der Waals surface area contributed by atoms with Gasteiger partial charge in [0.15, 0.2) is 0 Å². The number of hydrogen-bond acceptors (Lipinski definition) is 5. The SMILES string of the molecule is CC(CCN)SCn1nnc2ccccc2c1=O. The fourth-order valence-electron chi connectivity index (χ4n) is 1.62. The molecule has 6 heteroatoms. The van der Waals surface area contributed by atoms with Crippen LogP contribution < -0.4 is 11.3 Å². The molecule has 1 unspecified atom stereocenters. The minimum atomic E-state index is -0.0898. The van der Waals surface area contributed by atoms with Gasteiger partial charge in [0.1, 0.15) is 5.52 Å². The summed E-state index contributed by atoms with van der Waals surface area (Å²) in [4.78, 5) is 12.1. The summed E-state index contributed by atoms with van der Waals surface area (Å²) >= 11 is 1.66. The van der Waals surface area contributed by atoms with E-state index in [1.807, 2.05) is 12.1 Å². The molecule has 0 bridgehead atoms. The van der Waals surface area contributed by atoms with Gasteiger partial charge >= 0.3 is 0 Å². The molecule has 0 amide bonds. The third-order valence-corrected chi connectivity index (χ3v) is 3.88. The second-order valence-corrected chi connectivity index (χ2v) is 5.49. The molecule has 2 N–H and O–H groups in total. The highest BCUT2D eigenvalue weighted by Crippen LogP contribution is 2.14. The number of nitrogens with zero attached hydrogens (tertiary/aromatic N) is 3. The van der Waals surface area contributed by atoms with E-state index in [1.165, 1.54) is 4.68 Å². The summed E-state index contributed by atoms with van der Waals surface area (Å²) in [5.41, 5.74) is 6.04. The van der Waals surface area contributed by atoms with Crippen LogP contribution in [0.4, 0.5) is 0 Å². The number of hydrogen-bond donors (Lipinski definition) is 1. The molecular weight excluding hydrogens is 248 g/mol. The molecule has 0 aliphatic heterocycles. The van der Waals surface area contributed by atoms with Gasteiger partial charge in [0.05, 0.1) is 11.3 Å². The van der Waals surface area contributed by atoms with Crippen molar-refractivity contribution in [2.45, 2.75) is 24.5 Å². The molecule has 0 aliphatic carbocycles. The average molecular weight is 264 g/mol. The highest BCUT2D eigenvalue weighted by molar-refractivity contribution is 7.98. The van der Waals surface area contributed by atoms with E-state index in [9.17, 15) is 4.79 Å². The third kappa shape index (κ3) is 2.88. The maximum atomic E-state index is 12.1. The van der Waals surface area contributed by atoms with Gasteiger partial charge in [-0.25, -0.2) is 4.68 Å². The summed E-state index contributed by atoms with van der Waals surface area (Å²) in [6.45, 7) is 2.75. The minimum absolute atomic E-state index is 0.0898. The second kappa shape index (κ2) is 5.97. The molecule has 1 atom stereocenters. The van der Waals surface area contributed by atoms with Crippen molar-refractivity contribution in [3.63, 3.8) is 0 Å². The van der Waals surface area contributed by atoms with Crippen LogP contribution in [0.3, 0.4) is 0 Å². The van der Waals surface area contributed by atoms with Gasteiger partial charge in [0, 0.05) is 5.25 Å². The summed E-state index contributed by atoms with van der Waals surface area (Å²) < 4.78 is 1.40. The Balaban J connectivity index is 2.19. The lowest BCUT2D eigenvalue weighted by atomic mass is 10.2. The summed E-state index contributed by atoms with van der Waals surface area (Å²) in [5, 5.41) is 9.00. The smallest absolute Gasteiger partial charge is 0.278 e. The van der Waals surface area contributed by atoms with E-state index in [0.717, 1.165) is 6.42 Å². The second-order valence-electron chi connectivity index (χ2n) is 4.10. The standard InChI is InChI=1S/C12H16N4OS/c1-9(6-7-13)18-8-16-12(17)10-4-2-3-5-11(10)14-15-16/h2-5,9H,6-8,13H2,1H3. The Morgan fingerprint density at radius 1 is 1.44 bits per heavy atom. The van der Waals surface area contributed by atoms with Crippen LogP contribution in [0, 0.1) is 0 Å². The zero-order valence-electron chi connectivity index (χ0n) is 10.2. The van der Waals surface area contributed by atoms with Gasteiger partial charge in [-0.2, -0.15) is 0 Å². The Labute approximate surface area is 109 Å². The van der Waals surface area contributed by atoms with Gasteiger partial charge in [-0.05, 0) is 25.1 Å². The van der Waals surface area contributed by atoms with Crippen molar-refractivity contribution in [3.05, 3.63) is 34.6 Å². The molecular formula is C12H16N4OS. The van der Waals surface area contributed by atoms with E-state index >= 15 is 0 Å². The summed E-state index contributed by atoms with van der Waals surface area (Å²) in [6.07, 6.45) is 0.931. The van der Waals surface area contributed by atoms with E-state index in [-0.39, 0.29) is 5.56 Å². The number of fused-ring (bicyclic) bond motifs is 1. The molecule has 1 aromatic carbocycles. The van der Waals surface area contributed by atoms with Crippen LogP contribution in [0.1, 0.15) is 13.3 Å². The molecule has 5 nitrogen and oxygen atoms in total. The molecule has 1 aromatic heterocycles. The largest absolute Gasteiger partial charge is 0.330 e. The van der Waals surface area contributed by atoms with Crippen LogP contribution in [0.5, 0.6) is 0 Å². The zero-order chi connectivity index (χ0) is 13.0. The molecule has 0 aliphatic rings. The lowest BCUT2D eigenvalue weighted by Gasteiger charge is -2.10. The van der Waals surface area contributed by atoms with Crippen molar-refractivity contribution in [1.29, 1.82) is 0 Å². The van der Waals surface area contributed by atoms with E-state index in [2.05, 4.69) is 17.2 Å².